The van der Waals surface area contributed by atoms with Crippen molar-refractivity contribution in [3.05, 3.63) is 22.8 Å². The molecule has 0 amide bonds. The summed E-state index contributed by atoms with van der Waals surface area (Å²) in [5.74, 6) is 4.41. The molecular weight excluding hydrogens is 408 g/mol. The van der Waals surface area contributed by atoms with Gasteiger partial charge < -0.3 is 14.2 Å². The van der Waals surface area contributed by atoms with E-state index in [-0.39, 0.29) is 11.4 Å². The summed E-state index contributed by atoms with van der Waals surface area (Å²) in [6, 6.07) is 0. The second-order valence-electron chi connectivity index (χ2n) is 13.4. The minimum absolute atomic E-state index is 0.0397. The van der Waals surface area contributed by atoms with Crippen LogP contribution in [-0.2, 0) is 14.2 Å². The lowest BCUT2D eigenvalue weighted by Gasteiger charge is -2.51. The fourth-order valence-corrected chi connectivity index (χ4v) is 10.2. The van der Waals surface area contributed by atoms with E-state index in [1.165, 1.54) is 51.4 Å². The molecule has 0 N–H and O–H groups in total. The van der Waals surface area contributed by atoms with Gasteiger partial charge in [-0.2, -0.15) is 0 Å². The molecular formula is C30H44O3. The van der Waals surface area contributed by atoms with Crippen LogP contribution in [0.4, 0.5) is 0 Å². The fraction of sp³-hybridized carbons (Fsp3) is 0.867. The van der Waals surface area contributed by atoms with E-state index in [1.54, 1.807) is 11.1 Å². The van der Waals surface area contributed by atoms with Crippen LogP contribution in [0.25, 0.3) is 0 Å². The molecule has 2 saturated heterocycles. The highest BCUT2D eigenvalue weighted by Gasteiger charge is 2.61. The maximum atomic E-state index is 7.14. The van der Waals surface area contributed by atoms with Gasteiger partial charge in [0.05, 0.1) is 24.9 Å². The van der Waals surface area contributed by atoms with Gasteiger partial charge in [0.2, 0.25) is 0 Å². The molecule has 0 aromatic heterocycles. The van der Waals surface area contributed by atoms with Gasteiger partial charge in [0.1, 0.15) is 0 Å². The van der Waals surface area contributed by atoms with Gasteiger partial charge in [-0.3, -0.25) is 0 Å². The van der Waals surface area contributed by atoms with Crippen LogP contribution in [-0.4, -0.2) is 30.7 Å². The van der Waals surface area contributed by atoms with Crippen LogP contribution in [0.5, 0.6) is 0 Å². The van der Waals surface area contributed by atoms with Crippen molar-refractivity contribution in [3.8, 4) is 0 Å². The fourth-order valence-electron chi connectivity index (χ4n) is 10.2. The van der Waals surface area contributed by atoms with Gasteiger partial charge in [0.25, 0.3) is 0 Å². The third-order valence-electron chi connectivity index (χ3n) is 12.2. The number of rotatable bonds is 0. The van der Waals surface area contributed by atoms with Gasteiger partial charge in [-0.15, -0.1) is 0 Å². The Hall–Kier alpha value is -0.640. The van der Waals surface area contributed by atoms with Crippen molar-refractivity contribution in [3.63, 3.8) is 0 Å². The molecule has 7 rings (SSSR count). The Morgan fingerprint density at radius 2 is 1.79 bits per heavy atom. The van der Waals surface area contributed by atoms with Gasteiger partial charge in [0, 0.05) is 12.8 Å². The van der Waals surface area contributed by atoms with E-state index in [4.69, 9.17) is 14.2 Å². The zero-order chi connectivity index (χ0) is 22.6. The third kappa shape index (κ3) is 2.85. The monoisotopic (exact) mass is 452 g/mol. The SMILES string of the molecule is CC1=C2C[C@H]3[C@@H](CC=C4CC5(CC[C@@]43C)OCCO5)[C@@H]2CC[C@]12O[C@@H]1C[C@H](C)CC[C@H]1[C@H]2C. The molecule has 2 spiro atoms. The second kappa shape index (κ2) is 7.20. The first-order valence-electron chi connectivity index (χ1n) is 14.2. The summed E-state index contributed by atoms with van der Waals surface area (Å²) in [5.41, 5.74) is 5.50. The molecule has 0 aromatic rings. The Balaban J connectivity index is 1.20. The topological polar surface area (TPSA) is 27.7 Å². The summed E-state index contributed by atoms with van der Waals surface area (Å²) in [7, 11) is 0. The molecule has 2 heterocycles. The van der Waals surface area contributed by atoms with Crippen LogP contribution in [0.15, 0.2) is 22.8 Å². The zero-order valence-corrected chi connectivity index (χ0v) is 21.3. The van der Waals surface area contributed by atoms with Crippen LogP contribution in [0.2, 0.25) is 0 Å². The summed E-state index contributed by atoms with van der Waals surface area (Å²) in [6.45, 7) is 11.6. The van der Waals surface area contributed by atoms with Gasteiger partial charge in [-0.05, 0) is 98.4 Å². The zero-order valence-electron chi connectivity index (χ0n) is 21.3. The molecule has 3 nitrogen and oxygen atoms in total. The number of hydrogen-bond donors (Lipinski definition) is 0. The molecule has 0 aromatic carbocycles. The van der Waals surface area contributed by atoms with Crippen LogP contribution in [0, 0.1) is 40.9 Å². The number of allylic oxidation sites excluding steroid dienone is 2. The van der Waals surface area contributed by atoms with Crippen molar-refractivity contribution in [1.82, 2.24) is 0 Å². The molecule has 182 valence electrons. The molecule has 0 bridgehead atoms. The van der Waals surface area contributed by atoms with Gasteiger partial charge >= 0.3 is 0 Å². The van der Waals surface area contributed by atoms with Crippen molar-refractivity contribution in [2.24, 2.45) is 40.9 Å². The highest BCUT2D eigenvalue weighted by molar-refractivity contribution is 5.38. The molecule has 0 radical (unpaired) electrons. The van der Waals surface area contributed by atoms with Gasteiger partial charge in [0.15, 0.2) is 5.79 Å². The summed E-state index contributed by atoms with van der Waals surface area (Å²) in [5, 5.41) is 0. The largest absolute Gasteiger partial charge is 0.367 e. The molecule has 2 aliphatic heterocycles. The standard InChI is InChI=1S/C30H44O3/c1-18-5-7-22-19(2)30(33-27(22)15-18)10-9-23-24-8-6-21-17-29(31-13-14-32-29)12-11-28(21,4)26(24)16-25(23)20(30)3/h6,18-19,22-24,26-27H,5,7-17H2,1-4H3/t18-,19-,22+,23+,24+,26+,27-,28+,30-/m1/s1. The lowest BCUT2D eigenvalue weighted by atomic mass is 9.56. The Morgan fingerprint density at radius 1 is 0.970 bits per heavy atom. The maximum absolute atomic E-state index is 7.14. The first-order chi connectivity index (χ1) is 15.9. The summed E-state index contributed by atoms with van der Waals surface area (Å²) >= 11 is 0. The average molecular weight is 453 g/mol. The highest BCUT2D eigenvalue weighted by Crippen LogP contribution is 2.66. The average Bonchev–Trinajstić information content (AvgIpc) is 3.48. The van der Waals surface area contributed by atoms with E-state index >= 15 is 0 Å². The van der Waals surface area contributed by atoms with E-state index in [2.05, 4.69) is 33.8 Å². The van der Waals surface area contributed by atoms with E-state index in [0.717, 1.165) is 55.6 Å². The second-order valence-corrected chi connectivity index (χ2v) is 13.4. The minimum atomic E-state index is -0.302. The minimum Gasteiger partial charge on any atom is -0.367 e. The number of hydrogen-bond acceptors (Lipinski definition) is 3. The summed E-state index contributed by atoms with van der Waals surface area (Å²) in [4.78, 5) is 0. The van der Waals surface area contributed by atoms with E-state index in [1.807, 2.05) is 5.57 Å². The molecule has 5 aliphatic carbocycles. The maximum Gasteiger partial charge on any atom is 0.172 e. The third-order valence-corrected chi connectivity index (χ3v) is 12.2. The molecule has 7 aliphatic rings. The van der Waals surface area contributed by atoms with Crippen LogP contribution in [0.3, 0.4) is 0 Å². The van der Waals surface area contributed by atoms with Crippen molar-refractivity contribution >= 4 is 0 Å². The van der Waals surface area contributed by atoms with E-state index in [9.17, 15) is 0 Å². The molecule has 9 atom stereocenters. The molecule has 3 heteroatoms. The predicted molar refractivity (Wildman–Crippen MR) is 130 cm³/mol. The van der Waals surface area contributed by atoms with Crippen molar-refractivity contribution in [1.29, 1.82) is 0 Å². The van der Waals surface area contributed by atoms with Crippen LogP contribution < -0.4 is 0 Å². The van der Waals surface area contributed by atoms with Crippen LogP contribution >= 0.6 is 0 Å². The van der Waals surface area contributed by atoms with Crippen molar-refractivity contribution in [2.45, 2.75) is 109 Å². The van der Waals surface area contributed by atoms with Crippen molar-refractivity contribution < 1.29 is 14.2 Å². The summed E-state index contributed by atoms with van der Waals surface area (Å²) in [6.07, 6.45) is 15.7. The normalized spacial score (nSPS) is 52.5. The van der Waals surface area contributed by atoms with E-state index in [0.29, 0.717) is 17.4 Å². The van der Waals surface area contributed by atoms with Gasteiger partial charge in [-0.1, -0.05) is 44.4 Å². The van der Waals surface area contributed by atoms with Crippen LogP contribution in [0.1, 0.15) is 91.9 Å². The highest BCUT2D eigenvalue weighted by atomic mass is 16.7. The van der Waals surface area contributed by atoms with Gasteiger partial charge in [-0.25, -0.2) is 0 Å². The smallest absolute Gasteiger partial charge is 0.172 e. The molecule has 33 heavy (non-hydrogen) atoms. The Morgan fingerprint density at radius 3 is 2.61 bits per heavy atom. The predicted octanol–water partition coefficient (Wildman–Crippen LogP) is 6.82. The summed E-state index contributed by atoms with van der Waals surface area (Å²) < 4.78 is 19.4. The Bertz CT molecular complexity index is 896. The molecule has 0 unspecified atom stereocenters. The first kappa shape index (κ1) is 21.6. The quantitative estimate of drug-likeness (QED) is 0.377. The molecule has 5 fully saturated rings. The number of ether oxygens (including phenoxy) is 3. The lowest BCUT2D eigenvalue weighted by molar-refractivity contribution is -0.181. The first-order valence-corrected chi connectivity index (χ1v) is 14.2. The Kier molecular flexibility index (Phi) is 4.72. The Labute approximate surface area is 200 Å². The van der Waals surface area contributed by atoms with Crippen molar-refractivity contribution in [2.75, 3.05) is 13.2 Å². The van der Waals surface area contributed by atoms with E-state index < -0.39 is 0 Å². The lowest BCUT2D eigenvalue weighted by Crippen LogP contribution is -2.46. The number of fused-ring (bicyclic) bond motifs is 6. The molecule has 3 saturated carbocycles.